The van der Waals surface area contributed by atoms with Gasteiger partial charge in [-0.15, -0.1) is 0 Å². The van der Waals surface area contributed by atoms with E-state index in [1.807, 2.05) is 12.3 Å². The van der Waals surface area contributed by atoms with Gasteiger partial charge in [-0.3, -0.25) is 14.7 Å². The third-order valence-corrected chi connectivity index (χ3v) is 6.53. The Bertz CT molecular complexity index is 812. The number of amides is 1. The minimum absolute atomic E-state index is 0.0165. The summed E-state index contributed by atoms with van der Waals surface area (Å²) >= 11 is 0. The van der Waals surface area contributed by atoms with Gasteiger partial charge in [-0.25, -0.2) is 0 Å². The molecule has 0 spiro atoms. The predicted molar refractivity (Wildman–Crippen MR) is 118 cm³/mol. The molecular weight excluding hydrogens is 374 g/mol. The molecule has 2 aliphatic heterocycles. The third kappa shape index (κ3) is 5.46. The Hall–Kier alpha value is -2.24. The van der Waals surface area contributed by atoms with E-state index in [9.17, 15) is 4.79 Å². The number of aryl methyl sites for hydroxylation is 1. The molecule has 2 aromatic rings. The number of aromatic nitrogens is 1. The van der Waals surface area contributed by atoms with Crippen LogP contribution < -0.4 is 0 Å². The highest BCUT2D eigenvalue weighted by molar-refractivity contribution is 5.79. The maximum absolute atomic E-state index is 13.2. The maximum atomic E-state index is 13.2. The van der Waals surface area contributed by atoms with Crippen molar-refractivity contribution < 1.29 is 9.53 Å². The van der Waals surface area contributed by atoms with Gasteiger partial charge in [-0.05, 0) is 68.0 Å². The van der Waals surface area contributed by atoms with Gasteiger partial charge < -0.3 is 9.64 Å². The first kappa shape index (κ1) is 21.0. The number of carbonyl (C=O) groups is 1. The summed E-state index contributed by atoms with van der Waals surface area (Å²) in [6.45, 7) is 8.16. The number of ether oxygens (including phenoxy) is 1. The van der Waals surface area contributed by atoms with E-state index in [1.165, 1.54) is 11.1 Å². The van der Waals surface area contributed by atoms with Crippen LogP contribution in [0.4, 0.5) is 0 Å². The highest BCUT2D eigenvalue weighted by Gasteiger charge is 2.30. The Morgan fingerprint density at radius 2 is 2.00 bits per heavy atom. The number of hydrogen-bond acceptors (Lipinski definition) is 4. The molecule has 0 radical (unpaired) electrons. The largest absolute Gasteiger partial charge is 0.381 e. The molecule has 3 heterocycles. The lowest BCUT2D eigenvalue weighted by Crippen LogP contribution is -2.42. The summed E-state index contributed by atoms with van der Waals surface area (Å²) in [4.78, 5) is 22.0. The summed E-state index contributed by atoms with van der Waals surface area (Å²) in [6, 6.07) is 12.7. The van der Waals surface area contributed by atoms with Gasteiger partial charge in [0.15, 0.2) is 0 Å². The van der Waals surface area contributed by atoms with Gasteiger partial charge in [-0.2, -0.15) is 0 Å². The zero-order valence-corrected chi connectivity index (χ0v) is 18.0. The number of hydrogen-bond donors (Lipinski definition) is 0. The van der Waals surface area contributed by atoms with Gasteiger partial charge in [0.25, 0.3) is 0 Å². The lowest BCUT2D eigenvalue weighted by molar-refractivity contribution is -0.137. The molecule has 2 aliphatic rings. The molecule has 5 heteroatoms. The summed E-state index contributed by atoms with van der Waals surface area (Å²) in [5.41, 5.74) is 3.89. The zero-order chi connectivity index (χ0) is 20.8. The average molecular weight is 408 g/mol. The molecule has 2 fully saturated rings. The molecule has 2 saturated heterocycles. The molecule has 0 bridgehead atoms. The molecular formula is C25H33N3O2. The van der Waals surface area contributed by atoms with Crippen LogP contribution in [0, 0.1) is 18.8 Å². The van der Waals surface area contributed by atoms with E-state index in [4.69, 9.17) is 4.74 Å². The fourth-order valence-electron chi connectivity index (χ4n) is 4.60. The first-order valence-electron chi connectivity index (χ1n) is 11.2. The Labute approximate surface area is 180 Å². The predicted octanol–water partition coefficient (Wildman–Crippen LogP) is 3.67. The molecule has 1 atom stereocenters. The number of pyridine rings is 1. The smallest absolute Gasteiger partial charge is 0.228 e. The number of nitrogens with zero attached hydrogens (tertiary/aromatic N) is 3. The summed E-state index contributed by atoms with van der Waals surface area (Å²) in [6.07, 6.45) is 6.78. The summed E-state index contributed by atoms with van der Waals surface area (Å²) in [5, 5.41) is 0. The van der Waals surface area contributed by atoms with E-state index in [-0.39, 0.29) is 11.8 Å². The molecule has 160 valence electrons. The average Bonchev–Trinajstić information content (AvgIpc) is 3.31. The molecule has 4 rings (SSSR count). The number of carbonyl (C=O) groups excluding carboxylic acids is 1. The van der Waals surface area contributed by atoms with Crippen molar-refractivity contribution in [2.24, 2.45) is 11.8 Å². The summed E-state index contributed by atoms with van der Waals surface area (Å²) in [5.74, 6) is 0.822. The number of likely N-dealkylation sites (tertiary alicyclic amines) is 1. The van der Waals surface area contributed by atoms with Crippen LogP contribution in [0.2, 0.25) is 0 Å². The zero-order valence-electron chi connectivity index (χ0n) is 18.0. The van der Waals surface area contributed by atoms with Crippen LogP contribution in [-0.4, -0.2) is 53.5 Å². The standard InChI is InChI=1S/C25H33N3O2/c1-20-5-2-3-7-23(20)18-27-12-8-21(9-13-27)16-28(17-22-6-4-11-26-15-22)25(29)24-10-14-30-19-24/h2-7,11,15,21,24H,8-10,12-14,16-19H2,1H3. The van der Waals surface area contributed by atoms with Gasteiger partial charge in [0.2, 0.25) is 5.91 Å². The van der Waals surface area contributed by atoms with Crippen molar-refractivity contribution >= 4 is 5.91 Å². The Kier molecular flexibility index (Phi) is 7.13. The molecule has 1 aromatic heterocycles. The molecule has 0 N–H and O–H groups in total. The Morgan fingerprint density at radius 1 is 1.17 bits per heavy atom. The first-order valence-corrected chi connectivity index (χ1v) is 11.2. The monoisotopic (exact) mass is 407 g/mol. The molecule has 0 saturated carbocycles. The van der Waals surface area contributed by atoms with Gasteiger partial charge in [-0.1, -0.05) is 30.3 Å². The minimum Gasteiger partial charge on any atom is -0.381 e. The summed E-state index contributed by atoms with van der Waals surface area (Å²) in [7, 11) is 0. The molecule has 0 aliphatic carbocycles. The lowest BCUT2D eigenvalue weighted by atomic mass is 9.94. The minimum atomic E-state index is 0.0165. The van der Waals surface area contributed by atoms with Crippen molar-refractivity contribution in [2.45, 2.75) is 39.3 Å². The van der Waals surface area contributed by atoms with Crippen molar-refractivity contribution in [2.75, 3.05) is 32.8 Å². The van der Waals surface area contributed by atoms with E-state index in [1.54, 1.807) is 6.20 Å². The van der Waals surface area contributed by atoms with Gasteiger partial charge in [0.1, 0.15) is 0 Å². The lowest BCUT2D eigenvalue weighted by Gasteiger charge is -2.36. The highest BCUT2D eigenvalue weighted by Crippen LogP contribution is 2.24. The molecule has 30 heavy (non-hydrogen) atoms. The van der Waals surface area contributed by atoms with Crippen molar-refractivity contribution in [1.29, 1.82) is 0 Å². The van der Waals surface area contributed by atoms with Crippen molar-refractivity contribution in [1.82, 2.24) is 14.8 Å². The Balaban J connectivity index is 1.34. The van der Waals surface area contributed by atoms with Crippen LogP contribution in [0.15, 0.2) is 48.8 Å². The van der Waals surface area contributed by atoms with Crippen molar-refractivity contribution in [3.8, 4) is 0 Å². The van der Waals surface area contributed by atoms with E-state index < -0.39 is 0 Å². The van der Waals surface area contributed by atoms with Gasteiger partial charge in [0, 0.05) is 38.6 Å². The van der Waals surface area contributed by atoms with Crippen molar-refractivity contribution in [3.05, 3.63) is 65.5 Å². The van der Waals surface area contributed by atoms with Crippen LogP contribution in [0.1, 0.15) is 36.0 Å². The van der Waals surface area contributed by atoms with Crippen LogP contribution >= 0.6 is 0 Å². The van der Waals surface area contributed by atoms with Crippen LogP contribution in [0.5, 0.6) is 0 Å². The number of piperidine rings is 1. The van der Waals surface area contributed by atoms with Crippen LogP contribution in [0.25, 0.3) is 0 Å². The molecule has 1 amide bonds. The second-order valence-electron chi connectivity index (χ2n) is 8.79. The molecule has 1 unspecified atom stereocenters. The summed E-state index contributed by atoms with van der Waals surface area (Å²) < 4.78 is 5.48. The Morgan fingerprint density at radius 3 is 2.70 bits per heavy atom. The SMILES string of the molecule is Cc1ccccc1CN1CCC(CN(Cc2cccnc2)C(=O)C2CCOC2)CC1. The van der Waals surface area contributed by atoms with E-state index in [2.05, 4.69) is 52.0 Å². The second kappa shape index (κ2) is 10.2. The molecule has 1 aromatic carbocycles. The topological polar surface area (TPSA) is 45.7 Å². The quantitative estimate of drug-likeness (QED) is 0.703. The van der Waals surface area contributed by atoms with Gasteiger partial charge >= 0.3 is 0 Å². The van der Waals surface area contributed by atoms with Gasteiger partial charge in [0.05, 0.1) is 12.5 Å². The normalized spacial score (nSPS) is 20.4. The van der Waals surface area contributed by atoms with Crippen molar-refractivity contribution in [3.63, 3.8) is 0 Å². The number of benzene rings is 1. The first-order chi connectivity index (χ1) is 14.7. The number of rotatable bonds is 7. The second-order valence-corrected chi connectivity index (χ2v) is 8.79. The fourth-order valence-corrected chi connectivity index (χ4v) is 4.60. The van der Waals surface area contributed by atoms with Crippen LogP contribution in [0.3, 0.4) is 0 Å². The van der Waals surface area contributed by atoms with Crippen LogP contribution in [-0.2, 0) is 22.6 Å². The maximum Gasteiger partial charge on any atom is 0.228 e. The van der Waals surface area contributed by atoms with E-state index in [0.29, 0.717) is 25.7 Å². The third-order valence-electron chi connectivity index (χ3n) is 6.53. The van der Waals surface area contributed by atoms with E-state index >= 15 is 0 Å². The molecule has 5 nitrogen and oxygen atoms in total. The highest BCUT2D eigenvalue weighted by atomic mass is 16.5. The fraction of sp³-hybridized carbons (Fsp3) is 0.520. The van der Waals surface area contributed by atoms with E-state index in [0.717, 1.165) is 51.0 Å².